The number of carbonyl (C=O) groups is 1. The molecule has 0 amide bonds. The molecule has 0 aliphatic heterocycles. The van der Waals surface area contributed by atoms with Crippen molar-refractivity contribution < 1.29 is 9.90 Å². The van der Waals surface area contributed by atoms with Gasteiger partial charge in [-0.05, 0) is 106 Å². The van der Waals surface area contributed by atoms with Crippen LogP contribution < -0.4 is 0 Å². The van der Waals surface area contributed by atoms with Gasteiger partial charge in [0.2, 0.25) is 0 Å². The van der Waals surface area contributed by atoms with Gasteiger partial charge in [-0.15, -0.1) is 0 Å². The van der Waals surface area contributed by atoms with Crippen LogP contribution in [0.1, 0.15) is 104 Å². The van der Waals surface area contributed by atoms with Crippen LogP contribution in [0, 0.1) is 22.7 Å². The summed E-state index contributed by atoms with van der Waals surface area (Å²) in [5, 5.41) is 10.6. The van der Waals surface area contributed by atoms with E-state index in [2.05, 4.69) is 44.7 Å². The van der Waals surface area contributed by atoms with Crippen LogP contribution in [-0.2, 0) is 4.79 Å². The maximum atomic E-state index is 12.6. The average molecular weight is 483 g/mol. The highest BCUT2D eigenvalue weighted by Gasteiger charge is 2.49. The molecule has 0 radical (unpaired) electrons. The fourth-order valence-corrected chi connectivity index (χ4v) is 7.98. The number of aliphatic hydroxyl groups excluding tert-OH is 1. The molecule has 188 valence electrons. The van der Waals surface area contributed by atoms with Crippen molar-refractivity contribution >= 4 is 16.9 Å². The van der Waals surface area contributed by atoms with E-state index in [-0.39, 0.29) is 11.5 Å². The Hall–Kier alpha value is -1.06. The van der Waals surface area contributed by atoms with E-state index in [4.69, 9.17) is 0 Å². The number of rotatable bonds is 9. The minimum atomic E-state index is -0.349. The topological polar surface area (TPSA) is 37.3 Å². The molecule has 3 heteroatoms. The zero-order valence-electron chi connectivity index (χ0n) is 21.6. The number of unbranched alkanes of at least 4 members (excludes halogenated alkanes) is 1. The molecule has 4 unspecified atom stereocenters. The second-order valence-electron chi connectivity index (χ2n) is 11.8. The number of fused-ring (bicyclic) bond motifs is 1. The third-order valence-electron chi connectivity index (χ3n) is 9.50. The summed E-state index contributed by atoms with van der Waals surface area (Å²) in [6.07, 6.45) is 25.1. The zero-order chi connectivity index (χ0) is 24.2. The molecule has 4 aliphatic rings. The van der Waals surface area contributed by atoms with Crippen LogP contribution in [0.25, 0.3) is 0 Å². The van der Waals surface area contributed by atoms with Gasteiger partial charge in [0, 0.05) is 11.2 Å². The SMILES string of the molecule is C=C1CC/C(=C/C=C2\CCCC3(C)C(C/C=C/CC4(C(=O)SCCCC)CC4)CCC23)CC1O. The normalized spacial score (nSPS) is 35.3. The molecule has 0 saturated heterocycles. The minimum Gasteiger partial charge on any atom is -0.388 e. The van der Waals surface area contributed by atoms with Crippen molar-refractivity contribution in [2.24, 2.45) is 22.7 Å². The number of thioether (sulfide) groups is 1. The van der Waals surface area contributed by atoms with E-state index in [1.54, 1.807) is 17.3 Å². The molecular weight excluding hydrogens is 436 g/mol. The Balaban J connectivity index is 1.31. The van der Waals surface area contributed by atoms with Crippen molar-refractivity contribution in [2.45, 2.75) is 110 Å². The smallest absolute Gasteiger partial charge is 0.195 e. The summed E-state index contributed by atoms with van der Waals surface area (Å²) in [6, 6.07) is 0. The molecule has 34 heavy (non-hydrogen) atoms. The standard InChI is InChI=1S/C31H46O2S/c1-4-5-21-34-29(33)31(19-20-31)18-7-6-10-26-15-16-27-25(9-8-17-30(26,27)3)14-13-24-12-11-23(2)28(32)22-24/h6-7,13-14,26-28,32H,2,4-5,8-12,15-22H2,1,3H3/b7-6+,24-13-,25-14+. The molecule has 4 saturated carbocycles. The fraction of sp³-hybridized carbons (Fsp3) is 0.710. The maximum absolute atomic E-state index is 12.6. The molecule has 0 aromatic carbocycles. The van der Waals surface area contributed by atoms with Gasteiger partial charge in [0.1, 0.15) is 0 Å². The summed E-state index contributed by atoms with van der Waals surface area (Å²) in [5.74, 6) is 2.46. The first kappa shape index (κ1) is 26.0. The Morgan fingerprint density at radius 1 is 1.15 bits per heavy atom. The molecular formula is C31H46O2S. The zero-order valence-corrected chi connectivity index (χ0v) is 22.4. The highest BCUT2D eigenvalue weighted by Crippen LogP contribution is 2.58. The number of aliphatic hydroxyl groups is 1. The van der Waals surface area contributed by atoms with Crippen LogP contribution in [0.3, 0.4) is 0 Å². The molecule has 4 rings (SSSR count). The molecule has 0 spiro atoms. The van der Waals surface area contributed by atoms with Gasteiger partial charge in [0.05, 0.1) is 6.10 Å². The van der Waals surface area contributed by atoms with E-state index in [1.807, 2.05) is 0 Å². The lowest BCUT2D eigenvalue weighted by Crippen LogP contribution is -2.33. The van der Waals surface area contributed by atoms with Crippen molar-refractivity contribution in [3.63, 3.8) is 0 Å². The van der Waals surface area contributed by atoms with Gasteiger partial charge in [-0.3, -0.25) is 4.79 Å². The predicted molar refractivity (Wildman–Crippen MR) is 146 cm³/mol. The summed E-state index contributed by atoms with van der Waals surface area (Å²) in [5.41, 5.74) is 4.42. The summed E-state index contributed by atoms with van der Waals surface area (Å²) < 4.78 is 0. The largest absolute Gasteiger partial charge is 0.388 e. The summed E-state index contributed by atoms with van der Waals surface area (Å²) in [6.45, 7) is 8.74. The first-order valence-corrected chi connectivity index (χ1v) is 14.9. The van der Waals surface area contributed by atoms with Crippen LogP contribution >= 0.6 is 11.8 Å². The van der Waals surface area contributed by atoms with E-state index in [1.165, 1.54) is 50.5 Å². The monoisotopic (exact) mass is 482 g/mol. The number of hydrogen-bond acceptors (Lipinski definition) is 3. The van der Waals surface area contributed by atoms with Crippen molar-refractivity contribution in [3.05, 3.63) is 47.6 Å². The van der Waals surface area contributed by atoms with E-state index in [0.717, 1.165) is 62.2 Å². The Morgan fingerprint density at radius 3 is 2.71 bits per heavy atom. The lowest BCUT2D eigenvalue weighted by Gasteiger charge is -2.42. The van der Waals surface area contributed by atoms with Crippen molar-refractivity contribution in [1.29, 1.82) is 0 Å². The highest BCUT2D eigenvalue weighted by atomic mass is 32.2. The van der Waals surface area contributed by atoms with E-state index in [0.29, 0.717) is 16.4 Å². The lowest BCUT2D eigenvalue weighted by atomic mass is 9.63. The molecule has 4 fully saturated rings. The summed E-state index contributed by atoms with van der Waals surface area (Å²) >= 11 is 1.58. The van der Waals surface area contributed by atoms with Gasteiger partial charge >= 0.3 is 0 Å². The second kappa shape index (κ2) is 11.3. The second-order valence-corrected chi connectivity index (χ2v) is 12.9. The molecule has 2 nitrogen and oxygen atoms in total. The molecule has 4 aliphatic carbocycles. The Bertz CT molecular complexity index is 845. The molecule has 1 N–H and O–H groups in total. The van der Waals surface area contributed by atoms with Crippen molar-refractivity contribution in [3.8, 4) is 0 Å². The third kappa shape index (κ3) is 5.84. The Kier molecular flexibility index (Phi) is 8.67. The van der Waals surface area contributed by atoms with Crippen molar-refractivity contribution in [1.82, 2.24) is 0 Å². The fourth-order valence-electron chi connectivity index (χ4n) is 6.77. The van der Waals surface area contributed by atoms with Gasteiger partial charge in [-0.25, -0.2) is 0 Å². The van der Waals surface area contributed by atoms with Crippen LogP contribution in [-0.4, -0.2) is 22.1 Å². The average Bonchev–Trinajstić information content (AvgIpc) is 3.54. The predicted octanol–water partition coefficient (Wildman–Crippen LogP) is 8.33. The summed E-state index contributed by atoms with van der Waals surface area (Å²) in [4.78, 5) is 12.6. The van der Waals surface area contributed by atoms with Gasteiger partial charge < -0.3 is 5.11 Å². The third-order valence-corrected chi connectivity index (χ3v) is 10.7. The quantitative estimate of drug-likeness (QED) is 0.265. The molecule has 0 aromatic rings. The van der Waals surface area contributed by atoms with E-state index in [9.17, 15) is 9.90 Å². The van der Waals surface area contributed by atoms with E-state index >= 15 is 0 Å². The maximum Gasteiger partial charge on any atom is 0.195 e. The molecule has 0 aromatic heterocycles. The highest BCUT2D eigenvalue weighted by molar-refractivity contribution is 8.13. The summed E-state index contributed by atoms with van der Waals surface area (Å²) in [7, 11) is 0. The van der Waals surface area contributed by atoms with Gasteiger partial charge in [0.15, 0.2) is 5.12 Å². The number of carbonyl (C=O) groups excluding carboxylic acids is 1. The number of allylic oxidation sites excluding steroid dienone is 5. The number of hydrogen-bond donors (Lipinski definition) is 1. The van der Waals surface area contributed by atoms with Crippen LogP contribution in [0.15, 0.2) is 47.6 Å². The van der Waals surface area contributed by atoms with Crippen LogP contribution in [0.4, 0.5) is 0 Å². The van der Waals surface area contributed by atoms with Crippen molar-refractivity contribution in [2.75, 3.05) is 5.75 Å². The minimum absolute atomic E-state index is 0.0235. The van der Waals surface area contributed by atoms with Gasteiger partial charge in [0.25, 0.3) is 0 Å². The van der Waals surface area contributed by atoms with Gasteiger partial charge in [-0.2, -0.15) is 0 Å². The molecule has 0 bridgehead atoms. The van der Waals surface area contributed by atoms with E-state index < -0.39 is 0 Å². The first-order chi connectivity index (χ1) is 16.4. The first-order valence-electron chi connectivity index (χ1n) is 13.9. The van der Waals surface area contributed by atoms with Crippen LogP contribution in [0.5, 0.6) is 0 Å². The Morgan fingerprint density at radius 2 is 1.97 bits per heavy atom. The molecule has 0 heterocycles. The van der Waals surface area contributed by atoms with Crippen LogP contribution in [0.2, 0.25) is 0 Å². The Labute approximate surface area is 212 Å². The molecule has 4 atom stereocenters. The lowest BCUT2D eigenvalue weighted by molar-refractivity contribution is -0.115. The van der Waals surface area contributed by atoms with Gasteiger partial charge in [-0.1, -0.05) is 74.1 Å².